The first-order valence-electron chi connectivity index (χ1n) is 9.44. The van der Waals surface area contributed by atoms with Gasteiger partial charge in [-0.3, -0.25) is 9.10 Å². The van der Waals surface area contributed by atoms with Gasteiger partial charge in [0.15, 0.2) is 0 Å². The SMILES string of the molecule is CC(=O)N1CCCc2cc(S(=O)(=O)N(CCN(C)C)c3ccccc3)ccc21. The molecule has 0 bridgehead atoms. The Morgan fingerprint density at radius 2 is 1.79 bits per heavy atom. The van der Waals surface area contributed by atoms with Crippen molar-refractivity contribution in [2.24, 2.45) is 0 Å². The van der Waals surface area contributed by atoms with Crippen LogP contribution in [0.2, 0.25) is 0 Å². The normalized spacial score (nSPS) is 14.1. The summed E-state index contributed by atoms with van der Waals surface area (Å²) in [7, 11) is 0.126. The van der Waals surface area contributed by atoms with Crippen LogP contribution in [0.3, 0.4) is 0 Å². The lowest BCUT2D eigenvalue weighted by molar-refractivity contribution is -0.116. The molecule has 0 radical (unpaired) electrons. The predicted octanol–water partition coefficient (Wildman–Crippen LogP) is 2.74. The van der Waals surface area contributed by atoms with E-state index in [1.807, 2.05) is 49.3 Å². The molecule has 1 heterocycles. The monoisotopic (exact) mass is 401 g/mol. The number of hydrogen-bond acceptors (Lipinski definition) is 4. The van der Waals surface area contributed by atoms with Gasteiger partial charge in [-0.25, -0.2) is 8.42 Å². The Morgan fingerprint density at radius 1 is 1.07 bits per heavy atom. The van der Waals surface area contributed by atoms with E-state index in [4.69, 9.17) is 0 Å². The van der Waals surface area contributed by atoms with Crippen LogP contribution in [0.5, 0.6) is 0 Å². The van der Waals surface area contributed by atoms with E-state index in [1.54, 1.807) is 23.1 Å². The van der Waals surface area contributed by atoms with E-state index < -0.39 is 10.0 Å². The van der Waals surface area contributed by atoms with Crippen LogP contribution in [0.15, 0.2) is 53.4 Å². The molecule has 0 unspecified atom stereocenters. The van der Waals surface area contributed by atoms with Gasteiger partial charge in [0, 0.05) is 32.2 Å². The molecule has 1 aliphatic rings. The highest BCUT2D eigenvalue weighted by Crippen LogP contribution is 2.31. The number of fused-ring (bicyclic) bond motifs is 1. The van der Waals surface area contributed by atoms with Gasteiger partial charge in [-0.15, -0.1) is 0 Å². The Labute approximate surface area is 167 Å². The minimum absolute atomic E-state index is 0.0200. The number of aryl methyl sites for hydroxylation is 1. The molecule has 150 valence electrons. The molecule has 2 aromatic rings. The molecule has 0 spiro atoms. The zero-order valence-corrected chi connectivity index (χ0v) is 17.4. The number of anilines is 2. The molecule has 0 saturated heterocycles. The van der Waals surface area contributed by atoms with E-state index >= 15 is 0 Å². The van der Waals surface area contributed by atoms with Crippen LogP contribution in [0, 0.1) is 0 Å². The van der Waals surface area contributed by atoms with Crippen LogP contribution in [-0.2, 0) is 21.2 Å². The highest BCUT2D eigenvalue weighted by Gasteiger charge is 2.27. The van der Waals surface area contributed by atoms with Crippen molar-refractivity contribution in [2.75, 3.05) is 42.9 Å². The molecule has 6 nitrogen and oxygen atoms in total. The lowest BCUT2D eigenvalue weighted by Crippen LogP contribution is -2.37. The van der Waals surface area contributed by atoms with E-state index in [0.29, 0.717) is 25.3 Å². The van der Waals surface area contributed by atoms with E-state index in [0.717, 1.165) is 24.1 Å². The highest BCUT2D eigenvalue weighted by molar-refractivity contribution is 7.92. The summed E-state index contributed by atoms with van der Waals surface area (Å²) >= 11 is 0. The lowest BCUT2D eigenvalue weighted by atomic mass is 10.0. The van der Waals surface area contributed by atoms with Crippen LogP contribution in [-0.4, -0.2) is 53.0 Å². The molecule has 0 saturated carbocycles. The second-order valence-electron chi connectivity index (χ2n) is 7.28. The van der Waals surface area contributed by atoms with E-state index in [-0.39, 0.29) is 10.8 Å². The summed E-state index contributed by atoms with van der Waals surface area (Å²) in [5, 5.41) is 0. The van der Waals surface area contributed by atoms with Crippen LogP contribution >= 0.6 is 0 Å². The summed E-state index contributed by atoms with van der Waals surface area (Å²) in [4.78, 5) is 15.8. The van der Waals surface area contributed by atoms with Crippen LogP contribution < -0.4 is 9.21 Å². The number of sulfonamides is 1. The average Bonchev–Trinajstić information content (AvgIpc) is 2.67. The quantitative estimate of drug-likeness (QED) is 0.747. The van der Waals surface area contributed by atoms with Crippen molar-refractivity contribution in [1.82, 2.24) is 4.90 Å². The Bertz CT molecular complexity index is 943. The number of nitrogens with zero attached hydrogens (tertiary/aromatic N) is 3. The molecular weight excluding hydrogens is 374 g/mol. The van der Waals surface area contributed by atoms with Gasteiger partial charge in [0.1, 0.15) is 0 Å². The summed E-state index contributed by atoms with van der Waals surface area (Å²) in [6.07, 6.45) is 1.60. The molecule has 0 atom stereocenters. The van der Waals surface area contributed by atoms with Crippen molar-refractivity contribution in [1.29, 1.82) is 0 Å². The van der Waals surface area contributed by atoms with Gasteiger partial charge in [-0.2, -0.15) is 0 Å². The predicted molar refractivity (Wildman–Crippen MR) is 112 cm³/mol. The standard InChI is InChI=1S/C21H27N3O3S/c1-17(25)23-13-7-8-18-16-20(11-12-21(18)23)28(26,27)24(15-14-22(2)3)19-9-5-4-6-10-19/h4-6,9-12,16H,7-8,13-15H2,1-3H3. The number of likely N-dealkylation sites (N-methyl/N-ethyl adjacent to an activating group) is 1. The molecule has 0 aromatic heterocycles. The van der Waals surface area contributed by atoms with Crippen molar-refractivity contribution >= 4 is 27.3 Å². The Kier molecular flexibility index (Phi) is 6.05. The van der Waals surface area contributed by atoms with E-state index in [2.05, 4.69) is 0 Å². The molecule has 1 amide bonds. The molecule has 28 heavy (non-hydrogen) atoms. The number of hydrogen-bond donors (Lipinski definition) is 0. The fourth-order valence-corrected chi connectivity index (χ4v) is 4.97. The number of amides is 1. The van der Waals surface area contributed by atoms with Crippen molar-refractivity contribution in [3.8, 4) is 0 Å². The number of benzene rings is 2. The fourth-order valence-electron chi connectivity index (χ4n) is 3.46. The van der Waals surface area contributed by atoms with Gasteiger partial charge < -0.3 is 9.80 Å². The number of para-hydroxylation sites is 1. The molecule has 3 rings (SSSR count). The third-order valence-electron chi connectivity index (χ3n) is 4.93. The topological polar surface area (TPSA) is 60.9 Å². The molecule has 0 aliphatic carbocycles. The maximum atomic E-state index is 13.5. The Hall–Kier alpha value is -2.38. The van der Waals surface area contributed by atoms with Crippen molar-refractivity contribution in [3.05, 3.63) is 54.1 Å². The molecular formula is C21H27N3O3S. The minimum Gasteiger partial charge on any atom is -0.312 e. The molecule has 2 aromatic carbocycles. The van der Waals surface area contributed by atoms with Crippen molar-refractivity contribution in [2.45, 2.75) is 24.7 Å². The molecule has 7 heteroatoms. The second kappa shape index (κ2) is 8.32. The third kappa shape index (κ3) is 4.20. The number of carbonyl (C=O) groups excluding carboxylic acids is 1. The van der Waals surface area contributed by atoms with Crippen molar-refractivity contribution in [3.63, 3.8) is 0 Å². The first-order valence-corrected chi connectivity index (χ1v) is 10.9. The minimum atomic E-state index is -3.72. The van der Waals surface area contributed by atoms with Gasteiger partial charge in [0.25, 0.3) is 10.0 Å². The molecule has 0 N–H and O–H groups in total. The summed E-state index contributed by atoms with van der Waals surface area (Å²) < 4.78 is 28.4. The lowest BCUT2D eigenvalue weighted by Gasteiger charge is -2.30. The summed E-state index contributed by atoms with van der Waals surface area (Å²) in [5.41, 5.74) is 2.37. The Balaban J connectivity index is 2.00. The largest absolute Gasteiger partial charge is 0.312 e. The van der Waals surface area contributed by atoms with Crippen molar-refractivity contribution < 1.29 is 13.2 Å². The van der Waals surface area contributed by atoms with Crippen LogP contribution in [0.4, 0.5) is 11.4 Å². The second-order valence-corrected chi connectivity index (χ2v) is 9.14. The smallest absolute Gasteiger partial charge is 0.264 e. The first kappa shape index (κ1) is 20.4. The van der Waals surface area contributed by atoms with Gasteiger partial charge in [-0.1, -0.05) is 18.2 Å². The molecule has 0 fully saturated rings. The maximum absolute atomic E-state index is 13.5. The summed E-state index contributed by atoms with van der Waals surface area (Å²) in [6.45, 7) is 3.18. The zero-order chi connectivity index (χ0) is 20.3. The number of carbonyl (C=O) groups is 1. The van der Waals surface area contributed by atoms with E-state index in [9.17, 15) is 13.2 Å². The summed E-state index contributed by atoms with van der Waals surface area (Å²) in [6, 6.07) is 14.3. The highest BCUT2D eigenvalue weighted by atomic mass is 32.2. The van der Waals surface area contributed by atoms with Gasteiger partial charge in [-0.05, 0) is 62.8 Å². The summed E-state index contributed by atoms with van der Waals surface area (Å²) in [5.74, 6) is -0.0200. The van der Waals surface area contributed by atoms with Crippen LogP contribution in [0.25, 0.3) is 0 Å². The zero-order valence-electron chi connectivity index (χ0n) is 16.6. The fraction of sp³-hybridized carbons (Fsp3) is 0.381. The maximum Gasteiger partial charge on any atom is 0.264 e. The van der Waals surface area contributed by atoms with E-state index in [1.165, 1.54) is 11.2 Å². The van der Waals surface area contributed by atoms with Gasteiger partial charge in [0.05, 0.1) is 10.6 Å². The van der Waals surface area contributed by atoms with Gasteiger partial charge >= 0.3 is 0 Å². The van der Waals surface area contributed by atoms with Crippen LogP contribution in [0.1, 0.15) is 18.9 Å². The average molecular weight is 402 g/mol. The molecule has 1 aliphatic heterocycles. The van der Waals surface area contributed by atoms with Gasteiger partial charge in [0.2, 0.25) is 5.91 Å². The third-order valence-corrected chi connectivity index (χ3v) is 6.76. The Morgan fingerprint density at radius 3 is 2.43 bits per heavy atom. The first-order chi connectivity index (χ1) is 13.3. The number of rotatable bonds is 6.